The number of benzene rings is 3. The first-order valence-corrected chi connectivity index (χ1v) is 11.5. The molecular formula is C27H22FNO6. The molecule has 35 heavy (non-hydrogen) atoms. The molecule has 6 rings (SSSR count). The molecule has 1 aliphatic carbocycles. The van der Waals surface area contributed by atoms with Crippen LogP contribution in [0.3, 0.4) is 0 Å². The largest absolute Gasteiger partial charge is 0.492 e. The molecule has 8 heteroatoms. The van der Waals surface area contributed by atoms with Gasteiger partial charge in [0.05, 0.1) is 18.7 Å². The van der Waals surface area contributed by atoms with Crippen LogP contribution in [0.15, 0.2) is 53.1 Å². The maximum atomic E-state index is 14.9. The van der Waals surface area contributed by atoms with E-state index < -0.39 is 12.1 Å². The lowest BCUT2D eigenvalue weighted by molar-refractivity contribution is -0.137. The normalized spacial score (nSPS) is 18.2. The number of carbonyl (C=O) groups is 1. The molecule has 178 valence electrons. The Kier molecular flexibility index (Phi) is 5.09. The van der Waals surface area contributed by atoms with Crippen LogP contribution in [0.2, 0.25) is 0 Å². The van der Waals surface area contributed by atoms with Crippen molar-refractivity contribution in [2.75, 3.05) is 6.61 Å². The van der Waals surface area contributed by atoms with Crippen LogP contribution in [0.4, 0.5) is 4.39 Å². The number of carboxylic acid groups (broad SMARTS) is 1. The molecule has 0 saturated heterocycles. The van der Waals surface area contributed by atoms with Gasteiger partial charge in [0.2, 0.25) is 0 Å². The van der Waals surface area contributed by atoms with Crippen molar-refractivity contribution in [1.82, 2.24) is 5.16 Å². The Morgan fingerprint density at radius 3 is 2.89 bits per heavy atom. The van der Waals surface area contributed by atoms with Crippen molar-refractivity contribution < 1.29 is 33.0 Å². The van der Waals surface area contributed by atoms with Crippen molar-refractivity contribution >= 4 is 16.9 Å². The minimum atomic E-state index is -0.862. The van der Waals surface area contributed by atoms with Crippen LogP contribution in [0.1, 0.15) is 47.2 Å². The SMILES string of the molecule is Cc1noc2ccc(Oc3ccc(F)c4c3CC[C@H]4Oc3ccc4c(c3)OC[C@H]4CC(=O)O)cc12. The Hall–Kier alpha value is -4.07. The van der Waals surface area contributed by atoms with Crippen molar-refractivity contribution in [3.63, 3.8) is 0 Å². The fourth-order valence-corrected chi connectivity index (χ4v) is 4.96. The number of halogens is 1. The van der Waals surface area contributed by atoms with E-state index in [1.807, 2.05) is 19.1 Å². The van der Waals surface area contributed by atoms with E-state index in [2.05, 4.69) is 5.16 Å². The molecule has 0 saturated carbocycles. The first-order valence-electron chi connectivity index (χ1n) is 11.5. The zero-order valence-electron chi connectivity index (χ0n) is 18.9. The summed E-state index contributed by atoms with van der Waals surface area (Å²) in [7, 11) is 0. The van der Waals surface area contributed by atoms with Crippen LogP contribution in [-0.4, -0.2) is 22.8 Å². The summed E-state index contributed by atoms with van der Waals surface area (Å²) in [6.07, 6.45) is 0.770. The Morgan fingerprint density at radius 1 is 1.17 bits per heavy atom. The second-order valence-corrected chi connectivity index (χ2v) is 8.92. The molecular weight excluding hydrogens is 453 g/mol. The van der Waals surface area contributed by atoms with E-state index in [-0.39, 0.29) is 18.2 Å². The van der Waals surface area contributed by atoms with Gasteiger partial charge in [-0.15, -0.1) is 0 Å². The monoisotopic (exact) mass is 475 g/mol. The van der Waals surface area contributed by atoms with Crippen LogP contribution < -0.4 is 14.2 Å². The molecule has 0 amide bonds. The van der Waals surface area contributed by atoms with Crippen LogP contribution in [0, 0.1) is 12.7 Å². The number of nitrogens with zero attached hydrogens (tertiary/aromatic N) is 1. The molecule has 0 radical (unpaired) electrons. The topological polar surface area (TPSA) is 91.0 Å². The lowest BCUT2D eigenvalue weighted by Crippen LogP contribution is -2.07. The summed E-state index contributed by atoms with van der Waals surface area (Å²) in [5.74, 6) is 1.00. The molecule has 4 aromatic rings. The van der Waals surface area contributed by atoms with Gasteiger partial charge in [0.25, 0.3) is 0 Å². The fraction of sp³-hybridized carbons (Fsp3) is 0.259. The molecule has 1 N–H and O–H groups in total. The maximum Gasteiger partial charge on any atom is 0.304 e. The zero-order valence-corrected chi connectivity index (χ0v) is 18.9. The van der Waals surface area contributed by atoms with Gasteiger partial charge in [-0.05, 0) is 56.2 Å². The van der Waals surface area contributed by atoms with Gasteiger partial charge in [-0.3, -0.25) is 4.79 Å². The summed E-state index contributed by atoms with van der Waals surface area (Å²) in [4.78, 5) is 11.1. The Morgan fingerprint density at radius 2 is 2.03 bits per heavy atom. The average molecular weight is 475 g/mol. The minimum absolute atomic E-state index is 0.0147. The Balaban J connectivity index is 1.25. The first kappa shape index (κ1) is 21.5. The number of hydrogen-bond acceptors (Lipinski definition) is 6. The summed E-state index contributed by atoms with van der Waals surface area (Å²) in [6, 6.07) is 13.9. The van der Waals surface area contributed by atoms with E-state index in [0.29, 0.717) is 53.6 Å². The number of fused-ring (bicyclic) bond motifs is 3. The predicted molar refractivity (Wildman–Crippen MR) is 124 cm³/mol. The molecule has 2 heterocycles. The molecule has 0 bridgehead atoms. The smallest absolute Gasteiger partial charge is 0.304 e. The molecule has 2 aliphatic rings. The van der Waals surface area contributed by atoms with Gasteiger partial charge in [-0.2, -0.15) is 0 Å². The summed E-state index contributed by atoms with van der Waals surface area (Å²) in [5, 5.41) is 13.9. The standard InChI is InChI=1S/C27H22FNO6/c1-14-20-11-16(3-7-23(20)35-29-14)33-22-9-6-21(28)27-19(22)5-8-24(27)34-17-2-4-18-15(10-26(30)31)13-32-25(18)12-17/h2-4,6-7,9,11-12,15,24H,5,8,10,13H2,1H3,(H,30,31)/t15-,24-/m1/s1. The fourth-order valence-electron chi connectivity index (χ4n) is 4.96. The Labute approximate surface area is 200 Å². The minimum Gasteiger partial charge on any atom is -0.492 e. The van der Waals surface area contributed by atoms with Crippen LogP contribution in [-0.2, 0) is 11.2 Å². The highest BCUT2D eigenvalue weighted by atomic mass is 19.1. The van der Waals surface area contributed by atoms with Crippen molar-refractivity contribution in [1.29, 1.82) is 0 Å². The van der Waals surface area contributed by atoms with Gasteiger partial charge in [0, 0.05) is 34.1 Å². The highest BCUT2D eigenvalue weighted by molar-refractivity contribution is 5.80. The second-order valence-electron chi connectivity index (χ2n) is 8.92. The molecule has 2 atom stereocenters. The maximum absolute atomic E-state index is 14.9. The number of aryl methyl sites for hydroxylation is 1. The summed E-state index contributed by atoms with van der Waals surface area (Å²) in [6.45, 7) is 2.19. The number of rotatable bonds is 6. The van der Waals surface area contributed by atoms with E-state index in [9.17, 15) is 9.18 Å². The van der Waals surface area contributed by atoms with Crippen molar-refractivity contribution in [3.05, 3.63) is 76.7 Å². The van der Waals surface area contributed by atoms with E-state index >= 15 is 0 Å². The van der Waals surface area contributed by atoms with Gasteiger partial charge < -0.3 is 23.8 Å². The molecule has 1 aliphatic heterocycles. The summed E-state index contributed by atoms with van der Waals surface area (Å²) < 4.78 is 38.2. The van der Waals surface area contributed by atoms with E-state index in [4.69, 9.17) is 23.8 Å². The zero-order chi connectivity index (χ0) is 24.1. The molecule has 0 fully saturated rings. The third-order valence-corrected chi connectivity index (χ3v) is 6.65. The quantitative estimate of drug-likeness (QED) is 0.361. The number of ether oxygens (including phenoxy) is 3. The number of aromatic nitrogens is 1. The number of aliphatic carboxylic acids is 1. The van der Waals surface area contributed by atoms with Gasteiger partial charge in [0.15, 0.2) is 5.58 Å². The molecule has 3 aromatic carbocycles. The van der Waals surface area contributed by atoms with E-state index in [0.717, 1.165) is 22.2 Å². The summed E-state index contributed by atoms with van der Waals surface area (Å²) >= 11 is 0. The number of hydrogen-bond donors (Lipinski definition) is 1. The Bertz CT molecular complexity index is 1460. The van der Waals surface area contributed by atoms with Gasteiger partial charge in [-0.25, -0.2) is 4.39 Å². The predicted octanol–water partition coefficient (Wildman–Crippen LogP) is 6.08. The van der Waals surface area contributed by atoms with Crippen LogP contribution >= 0.6 is 0 Å². The van der Waals surface area contributed by atoms with E-state index in [1.54, 1.807) is 30.3 Å². The molecule has 1 aromatic heterocycles. The lowest BCUT2D eigenvalue weighted by Gasteiger charge is -2.17. The van der Waals surface area contributed by atoms with Crippen molar-refractivity contribution in [2.24, 2.45) is 0 Å². The van der Waals surface area contributed by atoms with Crippen LogP contribution in [0.5, 0.6) is 23.0 Å². The third-order valence-electron chi connectivity index (χ3n) is 6.65. The molecule has 0 spiro atoms. The summed E-state index contributed by atoms with van der Waals surface area (Å²) in [5.41, 5.74) is 3.59. The van der Waals surface area contributed by atoms with Gasteiger partial charge >= 0.3 is 5.97 Å². The molecule has 7 nitrogen and oxygen atoms in total. The average Bonchev–Trinajstić information content (AvgIpc) is 3.54. The van der Waals surface area contributed by atoms with Gasteiger partial charge in [-0.1, -0.05) is 11.2 Å². The number of carboxylic acids is 1. The van der Waals surface area contributed by atoms with Crippen molar-refractivity contribution in [2.45, 2.75) is 38.2 Å². The van der Waals surface area contributed by atoms with Crippen LogP contribution in [0.25, 0.3) is 11.0 Å². The highest BCUT2D eigenvalue weighted by Crippen LogP contribution is 2.44. The highest BCUT2D eigenvalue weighted by Gasteiger charge is 2.32. The second kappa shape index (κ2) is 8.30. The molecule has 0 unspecified atom stereocenters. The lowest BCUT2D eigenvalue weighted by atomic mass is 9.98. The third kappa shape index (κ3) is 3.84. The first-order chi connectivity index (χ1) is 17.0. The van der Waals surface area contributed by atoms with Gasteiger partial charge in [0.1, 0.15) is 34.9 Å². The van der Waals surface area contributed by atoms with Crippen molar-refractivity contribution in [3.8, 4) is 23.0 Å². The van der Waals surface area contributed by atoms with E-state index in [1.165, 1.54) is 6.07 Å².